The van der Waals surface area contributed by atoms with Gasteiger partial charge in [0.25, 0.3) is 5.91 Å². The Balaban J connectivity index is 2.48. The Bertz CT molecular complexity index is 1050. The van der Waals surface area contributed by atoms with Crippen LogP contribution in [0.2, 0.25) is 0 Å². The molecular weight excluding hydrogens is 524 g/mol. The molecule has 7 amide bonds. The number of carbonyl (C=O) groups excluding carboxylic acids is 6. The van der Waals surface area contributed by atoms with E-state index in [9.17, 15) is 39.0 Å². The second-order valence-corrected chi connectivity index (χ2v) is 8.38. The number of aliphatic hydroxyl groups is 2. The van der Waals surface area contributed by atoms with Gasteiger partial charge in [0.1, 0.15) is 29.9 Å². The SMILES string of the molecule is NC[C@@H]1NC(=O)[C@H](CO)NC(=O)[C@@H](N)CNC(=O)[C@H](C2C[C@@H](O)N=C(N)N2)NC(=O)/C(=C\NC(N)=O)NC1=O. The summed E-state index contributed by atoms with van der Waals surface area (Å²) in [7, 11) is 0. The number of aliphatic hydroxyl groups excluding tert-OH is 2. The highest BCUT2D eigenvalue weighted by Crippen LogP contribution is 2.10. The van der Waals surface area contributed by atoms with Crippen LogP contribution >= 0.6 is 0 Å². The van der Waals surface area contributed by atoms with Gasteiger partial charge in [0.05, 0.1) is 12.6 Å². The largest absolute Gasteiger partial charge is 0.394 e. The molecule has 20 nitrogen and oxygen atoms in total. The quantitative estimate of drug-likeness (QED) is 0.144. The first-order valence-electron chi connectivity index (χ1n) is 11.5. The van der Waals surface area contributed by atoms with E-state index >= 15 is 0 Å². The van der Waals surface area contributed by atoms with Crippen LogP contribution in [0.1, 0.15) is 6.42 Å². The Morgan fingerprint density at radius 2 is 1.69 bits per heavy atom. The van der Waals surface area contributed by atoms with Crippen molar-refractivity contribution in [1.82, 2.24) is 37.2 Å². The molecule has 0 spiro atoms. The minimum atomic E-state index is -1.55. The molecule has 0 aromatic heterocycles. The number of primary amides is 1. The van der Waals surface area contributed by atoms with Gasteiger partial charge in [0, 0.05) is 25.7 Å². The lowest BCUT2D eigenvalue weighted by Crippen LogP contribution is -2.64. The number of nitrogens with zero attached hydrogens (tertiary/aromatic N) is 1. The van der Waals surface area contributed by atoms with Crippen LogP contribution in [0.25, 0.3) is 0 Å². The zero-order valence-electron chi connectivity index (χ0n) is 20.5. The summed E-state index contributed by atoms with van der Waals surface area (Å²) in [6.07, 6.45) is -0.796. The van der Waals surface area contributed by atoms with E-state index in [1.165, 1.54) is 0 Å². The zero-order chi connectivity index (χ0) is 29.3. The van der Waals surface area contributed by atoms with Gasteiger partial charge in [-0.3, -0.25) is 24.0 Å². The molecule has 2 rings (SSSR count). The average molecular weight is 557 g/mol. The number of carbonyl (C=O) groups is 6. The Labute approximate surface area is 220 Å². The monoisotopic (exact) mass is 556 g/mol. The second-order valence-electron chi connectivity index (χ2n) is 8.38. The van der Waals surface area contributed by atoms with Gasteiger partial charge in [-0.1, -0.05) is 0 Å². The lowest BCUT2D eigenvalue weighted by molar-refractivity contribution is -0.133. The van der Waals surface area contributed by atoms with Gasteiger partial charge < -0.3 is 70.4 Å². The fourth-order valence-electron chi connectivity index (χ4n) is 3.43. The molecule has 2 aliphatic heterocycles. The molecule has 0 bridgehead atoms. The van der Waals surface area contributed by atoms with Gasteiger partial charge in [-0.25, -0.2) is 9.79 Å². The summed E-state index contributed by atoms with van der Waals surface area (Å²) < 4.78 is 0. The van der Waals surface area contributed by atoms with Crippen molar-refractivity contribution in [3.8, 4) is 0 Å². The number of nitrogens with one attached hydrogen (secondary N) is 7. The van der Waals surface area contributed by atoms with Gasteiger partial charge in [0.2, 0.25) is 23.6 Å². The molecule has 6 atom stereocenters. The van der Waals surface area contributed by atoms with E-state index in [1.807, 2.05) is 5.32 Å². The predicted octanol–water partition coefficient (Wildman–Crippen LogP) is -8.53. The topological polar surface area (TPSA) is 344 Å². The summed E-state index contributed by atoms with van der Waals surface area (Å²) in [5, 5.41) is 35.4. The first-order chi connectivity index (χ1) is 18.4. The molecule has 39 heavy (non-hydrogen) atoms. The Hall–Kier alpha value is -4.53. The minimum Gasteiger partial charge on any atom is -0.394 e. The zero-order valence-corrected chi connectivity index (χ0v) is 20.5. The number of guanidine groups is 1. The van der Waals surface area contributed by atoms with E-state index in [2.05, 4.69) is 36.9 Å². The first-order valence-corrected chi connectivity index (χ1v) is 11.5. The van der Waals surface area contributed by atoms with Gasteiger partial charge in [-0.15, -0.1) is 0 Å². The fraction of sp³-hybridized carbons (Fsp3) is 0.526. The summed E-state index contributed by atoms with van der Waals surface area (Å²) in [6, 6.07) is -8.10. The Kier molecular flexibility index (Phi) is 10.9. The van der Waals surface area contributed by atoms with Crippen LogP contribution in [0.4, 0.5) is 4.79 Å². The van der Waals surface area contributed by atoms with Crippen molar-refractivity contribution in [2.24, 2.45) is 27.9 Å². The Morgan fingerprint density at radius 1 is 1.03 bits per heavy atom. The van der Waals surface area contributed by atoms with Crippen molar-refractivity contribution in [3.05, 3.63) is 11.9 Å². The second kappa shape index (κ2) is 13.9. The molecule has 0 radical (unpaired) electrons. The lowest BCUT2D eigenvalue weighted by Gasteiger charge is -2.32. The Morgan fingerprint density at radius 3 is 2.28 bits per heavy atom. The van der Waals surface area contributed by atoms with Crippen molar-refractivity contribution < 1.29 is 39.0 Å². The molecule has 0 aromatic rings. The van der Waals surface area contributed by atoms with E-state index in [0.717, 1.165) is 6.20 Å². The fourth-order valence-corrected chi connectivity index (χ4v) is 3.43. The van der Waals surface area contributed by atoms with Gasteiger partial charge >= 0.3 is 6.03 Å². The lowest BCUT2D eigenvalue weighted by atomic mass is 10.0. The third kappa shape index (κ3) is 8.77. The van der Waals surface area contributed by atoms with Crippen molar-refractivity contribution in [2.45, 2.75) is 42.9 Å². The molecule has 2 heterocycles. The van der Waals surface area contributed by atoms with Crippen LogP contribution in [0.5, 0.6) is 0 Å². The molecule has 1 unspecified atom stereocenters. The summed E-state index contributed by atoms with van der Waals surface area (Å²) in [5.74, 6) is -5.25. The number of nitrogens with two attached hydrogens (primary N) is 4. The maximum atomic E-state index is 13.1. The van der Waals surface area contributed by atoms with E-state index < -0.39 is 97.4 Å². The number of urea groups is 1. The van der Waals surface area contributed by atoms with Crippen LogP contribution in [0.3, 0.4) is 0 Å². The molecule has 0 saturated carbocycles. The molecule has 0 aliphatic carbocycles. The smallest absolute Gasteiger partial charge is 0.316 e. The molecule has 20 heteroatoms. The van der Waals surface area contributed by atoms with Crippen LogP contribution in [0.15, 0.2) is 16.9 Å². The van der Waals surface area contributed by atoms with Crippen molar-refractivity contribution in [1.29, 1.82) is 0 Å². The summed E-state index contributed by atoms with van der Waals surface area (Å²) in [4.78, 5) is 79.0. The highest BCUT2D eigenvalue weighted by molar-refractivity contribution is 6.02. The van der Waals surface area contributed by atoms with Gasteiger partial charge in [-0.2, -0.15) is 0 Å². The molecule has 17 N–H and O–H groups in total. The average Bonchev–Trinajstić information content (AvgIpc) is 2.87. The third-order valence-electron chi connectivity index (χ3n) is 5.44. The maximum Gasteiger partial charge on any atom is 0.316 e. The molecule has 1 fully saturated rings. The number of amides is 7. The van der Waals surface area contributed by atoms with E-state index in [0.29, 0.717) is 0 Å². The highest BCUT2D eigenvalue weighted by Gasteiger charge is 2.36. The van der Waals surface area contributed by atoms with E-state index in [1.54, 1.807) is 0 Å². The first kappa shape index (κ1) is 30.7. The van der Waals surface area contributed by atoms with Crippen molar-refractivity contribution in [3.63, 3.8) is 0 Å². The minimum absolute atomic E-state index is 0.198. The predicted molar refractivity (Wildman–Crippen MR) is 131 cm³/mol. The number of hydrogen-bond acceptors (Lipinski definition) is 13. The molecule has 2 aliphatic rings. The third-order valence-corrected chi connectivity index (χ3v) is 5.44. The van der Waals surface area contributed by atoms with E-state index in [4.69, 9.17) is 22.9 Å². The van der Waals surface area contributed by atoms with Crippen molar-refractivity contribution in [2.75, 3.05) is 19.7 Å². The van der Waals surface area contributed by atoms with Crippen LogP contribution in [-0.2, 0) is 24.0 Å². The summed E-state index contributed by atoms with van der Waals surface area (Å²) in [5.41, 5.74) is 21.4. The number of aliphatic imine (C=N–C) groups is 1. The molecular formula is C19H32N12O8. The highest BCUT2D eigenvalue weighted by atomic mass is 16.3. The normalized spacial score (nSPS) is 30.5. The van der Waals surface area contributed by atoms with Gasteiger partial charge in [0.15, 0.2) is 12.2 Å². The molecule has 0 aromatic carbocycles. The molecule has 1 saturated heterocycles. The number of hydrogen-bond donors (Lipinski definition) is 13. The van der Waals surface area contributed by atoms with Crippen LogP contribution in [-0.4, -0.2) is 108 Å². The molecule has 216 valence electrons. The van der Waals surface area contributed by atoms with Crippen molar-refractivity contribution >= 4 is 41.5 Å². The van der Waals surface area contributed by atoms with Gasteiger partial charge in [-0.05, 0) is 0 Å². The maximum absolute atomic E-state index is 13.1. The van der Waals surface area contributed by atoms with Crippen LogP contribution in [0, 0.1) is 0 Å². The van der Waals surface area contributed by atoms with E-state index in [-0.39, 0.29) is 12.4 Å². The number of rotatable bonds is 4. The summed E-state index contributed by atoms with van der Waals surface area (Å²) in [6.45, 7) is -1.86. The summed E-state index contributed by atoms with van der Waals surface area (Å²) >= 11 is 0. The standard InChI is InChI=1S/C19H32N12O8/c20-2-8-14(35)27-9(4-25-19(23)39)15(36)31-12(7-1-11(33)30-18(22)29-7)17(38)24-3-6(21)13(34)28-10(5-32)16(37)26-8/h4,6-8,10-12,32-33H,1-3,5,20-21H2,(H,24,38)(H,26,37)(H,27,35)(H,28,34)(H,31,36)(H3,22,29,30)(H3,23,25,39)/b9-4+/t6-,7?,8-,10-,11+,12-/m0/s1. The van der Waals surface area contributed by atoms with Crippen LogP contribution < -0.4 is 60.2 Å².